The van der Waals surface area contributed by atoms with Crippen LogP contribution in [0.2, 0.25) is 0 Å². The van der Waals surface area contributed by atoms with Crippen molar-refractivity contribution in [2.24, 2.45) is 0 Å². The number of para-hydroxylation sites is 1. The van der Waals surface area contributed by atoms with Crippen LogP contribution >= 0.6 is 0 Å². The standard InChI is InChI=1S/C23H28N2O4/c1-17-23(18(2)29-24-17)16-28-22-11-9-19(10-12-22)13-25(3)14-20(26)15-27-21-7-5-4-6-8-21/h4-12,20,26H,13-16H2,1-3H3. The molecule has 0 amide bonds. The van der Waals surface area contributed by atoms with Gasteiger partial charge in [-0.05, 0) is 50.7 Å². The van der Waals surface area contributed by atoms with Crippen LogP contribution in [-0.2, 0) is 13.2 Å². The molecule has 0 radical (unpaired) electrons. The lowest BCUT2D eigenvalue weighted by molar-refractivity contribution is 0.0744. The highest BCUT2D eigenvalue weighted by Crippen LogP contribution is 2.18. The molecule has 0 fully saturated rings. The zero-order valence-electron chi connectivity index (χ0n) is 17.2. The Bertz CT molecular complexity index is 858. The first-order valence-electron chi connectivity index (χ1n) is 9.69. The fourth-order valence-electron chi connectivity index (χ4n) is 3.05. The quantitative estimate of drug-likeness (QED) is 0.563. The molecule has 0 aliphatic carbocycles. The van der Waals surface area contributed by atoms with Crippen molar-refractivity contribution in [3.8, 4) is 11.5 Å². The van der Waals surface area contributed by atoms with Crippen LogP contribution in [0.1, 0.15) is 22.6 Å². The lowest BCUT2D eigenvalue weighted by Gasteiger charge is -2.21. The van der Waals surface area contributed by atoms with Gasteiger partial charge in [0, 0.05) is 13.1 Å². The normalized spacial score (nSPS) is 12.2. The van der Waals surface area contributed by atoms with Crippen LogP contribution in [0.5, 0.6) is 11.5 Å². The van der Waals surface area contributed by atoms with E-state index in [-0.39, 0.29) is 6.61 Å². The summed E-state index contributed by atoms with van der Waals surface area (Å²) in [5, 5.41) is 14.1. The lowest BCUT2D eigenvalue weighted by Crippen LogP contribution is -2.32. The molecule has 1 atom stereocenters. The Labute approximate surface area is 171 Å². The first-order chi connectivity index (χ1) is 14.0. The molecular weight excluding hydrogens is 368 g/mol. The summed E-state index contributed by atoms with van der Waals surface area (Å²) in [6.07, 6.45) is -0.558. The molecule has 1 heterocycles. The molecule has 0 spiro atoms. The molecule has 0 aliphatic heterocycles. The van der Waals surface area contributed by atoms with Crippen LogP contribution < -0.4 is 9.47 Å². The number of benzene rings is 2. The molecule has 0 bridgehead atoms. The highest BCUT2D eigenvalue weighted by atomic mass is 16.5. The van der Waals surface area contributed by atoms with Crippen molar-refractivity contribution in [2.45, 2.75) is 33.1 Å². The Balaban J connectivity index is 1.42. The van der Waals surface area contributed by atoms with E-state index < -0.39 is 6.10 Å². The largest absolute Gasteiger partial charge is 0.491 e. The summed E-state index contributed by atoms with van der Waals surface area (Å²) in [6.45, 7) is 5.75. The Morgan fingerprint density at radius 3 is 2.34 bits per heavy atom. The molecule has 3 rings (SSSR count). The number of likely N-dealkylation sites (N-methyl/N-ethyl adjacent to an activating group) is 1. The minimum Gasteiger partial charge on any atom is -0.491 e. The molecule has 0 saturated carbocycles. The first-order valence-corrected chi connectivity index (χ1v) is 9.69. The van der Waals surface area contributed by atoms with Crippen LogP contribution in [0.3, 0.4) is 0 Å². The van der Waals surface area contributed by atoms with E-state index in [4.69, 9.17) is 14.0 Å². The number of aryl methyl sites for hydroxylation is 2. The third-order valence-electron chi connectivity index (χ3n) is 4.65. The molecular formula is C23H28N2O4. The second-order valence-corrected chi connectivity index (χ2v) is 7.21. The van der Waals surface area contributed by atoms with Crippen LogP contribution in [0.4, 0.5) is 0 Å². The van der Waals surface area contributed by atoms with Crippen molar-refractivity contribution >= 4 is 0 Å². The van der Waals surface area contributed by atoms with E-state index in [1.54, 1.807) is 0 Å². The van der Waals surface area contributed by atoms with Gasteiger partial charge >= 0.3 is 0 Å². The van der Waals surface area contributed by atoms with Gasteiger partial charge in [-0.2, -0.15) is 0 Å². The van der Waals surface area contributed by atoms with Crippen molar-refractivity contribution in [2.75, 3.05) is 20.2 Å². The van der Waals surface area contributed by atoms with Crippen LogP contribution in [0.15, 0.2) is 59.1 Å². The summed E-state index contributed by atoms with van der Waals surface area (Å²) in [5.41, 5.74) is 2.99. The van der Waals surface area contributed by atoms with E-state index in [2.05, 4.69) is 10.1 Å². The second-order valence-electron chi connectivity index (χ2n) is 7.21. The number of aliphatic hydroxyl groups excluding tert-OH is 1. The highest BCUT2D eigenvalue weighted by molar-refractivity contribution is 5.28. The summed E-state index contributed by atoms with van der Waals surface area (Å²) >= 11 is 0. The van der Waals surface area contributed by atoms with E-state index in [0.29, 0.717) is 13.2 Å². The van der Waals surface area contributed by atoms with E-state index in [1.165, 1.54) is 0 Å². The summed E-state index contributed by atoms with van der Waals surface area (Å²) < 4.78 is 16.6. The molecule has 1 N–H and O–H groups in total. The fourth-order valence-corrected chi connectivity index (χ4v) is 3.05. The predicted molar refractivity (Wildman–Crippen MR) is 111 cm³/mol. The Morgan fingerprint density at radius 2 is 1.69 bits per heavy atom. The topological polar surface area (TPSA) is 68.0 Å². The Kier molecular flexibility index (Phi) is 7.27. The summed E-state index contributed by atoms with van der Waals surface area (Å²) in [4.78, 5) is 2.07. The molecule has 6 heteroatoms. The molecule has 29 heavy (non-hydrogen) atoms. The minimum absolute atomic E-state index is 0.267. The second kappa shape index (κ2) is 10.1. The molecule has 1 unspecified atom stereocenters. The van der Waals surface area contributed by atoms with Gasteiger partial charge in [0.1, 0.15) is 36.6 Å². The average molecular weight is 396 g/mol. The minimum atomic E-state index is -0.558. The van der Waals surface area contributed by atoms with E-state index in [0.717, 1.165) is 40.6 Å². The Hall–Kier alpha value is -2.83. The van der Waals surface area contributed by atoms with Gasteiger partial charge in [0.25, 0.3) is 0 Å². The molecule has 154 valence electrons. The van der Waals surface area contributed by atoms with Gasteiger partial charge in [0.05, 0.1) is 11.3 Å². The zero-order chi connectivity index (χ0) is 20.6. The lowest BCUT2D eigenvalue weighted by atomic mass is 10.2. The van der Waals surface area contributed by atoms with Crippen molar-refractivity contribution in [3.05, 3.63) is 77.2 Å². The number of aromatic nitrogens is 1. The van der Waals surface area contributed by atoms with E-state index in [9.17, 15) is 5.11 Å². The third-order valence-corrected chi connectivity index (χ3v) is 4.65. The number of hydrogen-bond donors (Lipinski definition) is 1. The number of ether oxygens (including phenoxy) is 2. The van der Waals surface area contributed by atoms with Crippen molar-refractivity contribution < 1.29 is 19.1 Å². The first kappa shape index (κ1) is 20.9. The Morgan fingerprint density at radius 1 is 1.00 bits per heavy atom. The fraction of sp³-hybridized carbons (Fsp3) is 0.348. The summed E-state index contributed by atoms with van der Waals surface area (Å²) in [5.74, 6) is 2.35. The number of hydrogen-bond acceptors (Lipinski definition) is 6. The summed E-state index contributed by atoms with van der Waals surface area (Å²) in [7, 11) is 1.98. The maximum Gasteiger partial charge on any atom is 0.140 e. The summed E-state index contributed by atoms with van der Waals surface area (Å²) in [6, 6.07) is 17.5. The van der Waals surface area contributed by atoms with Gasteiger partial charge in [-0.3, -0.25) is 4.90 Å². The average Bonchev–Trinajstić information content (AvgIpc) is 3.04. The predicted octanol–water partition coefficient (Wildman–Crippen LogP) is 3.74. The molecule has 6 nitrogen and oxygen atoms in total. The van der Waals surface area contributed by atoms with Gasteiger partial charge in [0.2, 0.25) is 0 Å². The highest BCUT2D eigenvalue weighted by Gasteiger charge is 2.11. The van der Waals surface area contributed by atoms with Gasteiger partial charge in [0.15, 0.2) is 0 Å². The molecule has 1 aromatic heterocycles. The van der Waals surface area contributed by atoms with E-state index in [1.807, 2.05) is 75.5 Å². The molecule has 2 aromatic carbocycles. The van der Waals surface area contributed by atoms with Crippen LogP contribution in [-0.4, -0.2) is 41.5 Å². The van der Waals surface area contributed by atoms with Crippen LogP contribution in [0.25, 0.3) is 0 Å². The zero-order valence-corrected chi connectivity index (χ0v) is 17.2. The van der Waals surface area contributed by atoms with Gasteiger partial charge in [-0.1, -0.05) is 35.5 Å². The smallest absolute Gasteiger partial charge is 0.140 e. The van der Waals surface area contributed by atoms with Gasteiger partial charge in [-0.25, -0.2) is 0 Å². The van der Waals surface area contributed by atoms with Gasteiger partial charge < -0.3 is 19.1 Å². The maximum atomic E-state index is 10.2. The monoisotopic (exact) mass is 396 g/mol. The molecule has 3 aromatic rings. The molecule has 0 aliphatic rings. The van der Waals surface area contributed by atoms with Crippen molar-refractivity contribution in [1.82, 2.24) is 10.1 Å². The maximum absolute atomic E-state index is 10.2. The third kappa shape index (κ3) is 6.34. The number of aliphatic hydroxyl groups is 1. The van der Waals surface area contributed by atoms with Crippen LogP contribution in [0, 0.1) is 13.8 Å². The number of nitrogens with zero attached hydrogens (tertiary/aromatic N) is 2. The number of rotatable bonds is 10. The van der Waals surface area contributed by atoms with Gasteiger partial charge in [-0.15, -0.1) is 0 Å². The van der Waals surface area contributed by atoms with Crippen molar-refractivity contribution in [3.63, 3.8) is 0 Å². The van der Waals surface area contributed by atoms with Crippen molar-refractivity contribution in [1.29, 1.82) is 0 Å². The molecule has 0 saturated heterocycles. The SMILES string of the molecule is Cc1noc(C)c1COc1ccc(CN(C)CC(O)COc2ccccc2)cc1. The van der Waals surface area contributed by atoms with E-state index >= 15 is 0 Å².